The maximum absolute atomic E-state index is 4.20. The van der Waals surface area contributed by atoms with Crippen molar-refractivity contribution in [3.63, 3.8) is 0 Å². The van der Waals surface area contributed by atoms with Gasteiger partial charge in [0.25, 0.3) is 0 Å². The van der Waals surface area contributed by atoms with Gasteiger partial charge in [-0.2, -0.15) is 25.3 Å². The summed E-state index contributed by atoms with van der Waals surface area (Å²) >= 11 is 16.5. The number of hydrogen-bond donors (Lipinski definition) is 4. The van der Waals surface area contributed by atoms with Crippen LogP contribution >= 0.6 is 50.5 Å². The first kappa shape index (κ1) is 8.83. The lowest BCUT2D eigenvalue weighted by Crippen LogP contribution is -2.29. The maximum atomic E-state index is 4.20. The third-order valence-corrected chi connectivity index (χ3v) is 3.55. The summed E-state index contributed by atoms with van der Waals surface area (Å²) in [6, 6.07) is 0. The van der Waals surface area contributed by atoms with E-state index in [1.165, 1.54) is 0 Å². The predicted molar refractivity (Wildman–Crippen MR) is 58.4 cm³/mol. The molecule has 0 aliphatic carbocycles. The highest BCUT2D eigenvalue weighted by Crippen LogP contribution is 2.20. The lowest BCUT2D eigenvalue weighted by Gasteiger charge is -2.18. The standard InChI is InChI=1S/C4H6N2S4/c7-1-2(8)4(10)6-5-3(1)9/h1-2,7-8H,(H,5,9)(H,6,10). The fraction of sp³-hybridized carbons (Fsp3) is 0.500. The second-order valence-electron chi connectivity index (χ2n) is 1.81. The van der Waals surface area contributed by atoms with Crippen molar-refractivity contribution in [2.24, 2.45) is 10.2 Å². The van der Waals surface area contributed by atoms with Crippen LogP contribution in [0, 0.1) is 0 Å². The van der Waals surface area contributed by atoms with Crippen LogP contribution < -0.4 is 0 Å². The normalized spacial score (nSPS) is 33.2. The summed E-state index contributed by atoms with van der Waals surface area (Å²) in [4.78, 5) is 0. The molecule has 2 unspecified atom stereocenters. The van der Waals surface area contributed by atoms with Gasteiger partial charge in [0.2, 0.25) is 0 Å². The Hall–Kier alpha value is 0.740. The smallest absolute Gasteiger partial charge is 0.107 e. The van der Waals surface area contributed by atoms with Crippen LogP contribution in [0.3, 0.4) is 0 Å². The Bertz CT molecular complexity index is 177. The molecule has 0 saturated heterocycles. The van der Waals surface area contributed by atoms with Crippen LogP contribution in [0.15, 0.2) is 10.2 Å². The topological polar surface area (TPSA) is 24.7 Å². The molecule has 0 saturated carbocycles. The Kier molecular flexibility index (Phi) is 3.02. The van der Waals surface area contributed by atoms with Gasteiger partial charge in [-0.1, -0.05) is 0 Å². The summed E-state index contributed by atoms with van der Waals surface area (Å²) in [6.45, 7) is 0. The quantitative estimate of drug-likeness (QED) is 0.432. The minimum atomic E-state index is -0.0864. The van der Waals surface area contributed by atoms with Crippen molar-refractivity contribution in [1.29, 1.82) is 0 Å². The molecular weight excluding hydrogens is 204 g/mol. The van der Waals surface area contributed by atoms with Crippen LogP contribution in [0.4, 0.5) is 0 Å². The first-order valence-electron chi connectivity index (χ1n) is 2.52. The number of thiol groups is 4. The second-order valence-corrected chi connectivity index (χ2v) is 3.84. The van der Waals surface area contributed by atoms with E-state index in [1.54, 1.807) is 0 Å². The second kappa shape index (κ2) is 3.42. The molecule has 1 aliphatic rings. The van der Waals surface area contributed by atoms with Gasteiger partial charge in [0.15, 0.2) is 0 Å². The third kappa shape index (κ3) is 1.66. The minimum Gasteiger partial charge on any atom is -0.167 e. The van der Waals surface area contributed by atoms with Gasteiger partial charge in [-0.15, -0.1) is 35.5 Å². The van der Waals surface area contributed by atoms with Crippen molar-refractivity contribution in [2.45, 2.75) is 10.5 Å². The average molecular weight is 210 g/mol. The van der Waals surface area contributed by atoms with Gasteiger partial charge in [-0.3, -0.25) is 0 Å². The Balaban J connectivity index is 2.86. The summed E-state index contributed by atoms with van der Waals surface area (Å²) in [5.74, 6) is 0. The number of rotatable bonds is 0. The first-order valence-corrected chi connectivity index (χ1v) is 4.45. The molecule has 0 bridgehead atoms. The molecule has 2 nitrogen and oxygen atoms in total. The van der Waals surface area contributed by atoms with E-state index in [0.717, 1.165) is 0 Å². The molecule has 2 atom stereocenters. The zero-order valence-corrected chi connectivity index (χ0v) is 8.42. The SMILES string of the molecule is SC1=NN=C(S)C(S)C1S. The molecule has 56 valence electrons. The molecule has 0 radical (unpaired) electrons. The van der Waals surface area contributed by atoms with Crippen molar-refractivity contribution in [1.82, 2.24) is 0 Å². The van der Waals surface area contributed by atoms with Gasteiger partial charge in [-0.05, 0) is 0 Å². The van der Waals surface area contributed by atoms with Crippen LogP contribution in [-0.2, 0) is 0 Å². The fourth-order valence-corrected chi connectivity index (χ4v) is 1.51. The molecule has 0 aromatic carbocycles. The van der Waals surface area contributed by atoms with Gasteiger partial charge in [-0.25, -0.2) is 0 Å². The highest BCUT2D eigenvalue weighted by atomic mass is 32.1. The molecule has 10 heavy (non-hydrogen) atoms. The molecule has 0 fully saturated rings. The fourth-order valence-electron chi connectivity index (χ4n) is 0.503. The van der Waals surface area contributed by atoms with Gasteiger partial charge >= 0.3 is 0 Å². The summed E-state index contributed by atoms with van der Waals surface area (Å²) in [7, 11) is 0. The Morgan fingerprint density at radius 3 is 1.50 bits per heavy atom. The number of hydrogen-bond acceptors (Lipinski definition) is 4. The number of nitrogens with zero attached hydrogens (tertiary/aromatic N) is 2. The van der Waals surface area contributed by atoms with E-state index in [2.05, 4.69) is 60.7 Å². The van der Waals surface area contributed by atoms with Crippen molar-refractivity contribution < 1.29 is 0 Å². The predicted octanol–water partition coefficient (Wildman–Crippen LogP) is 1.17. The summed E-state index contributed by atoms with van der Waals surface area (Å²) < 4.78 is 0. The summed E-state index contributed by atoms with van der Waals surface area (Å²) in [5.41, 5.74) is 0. The molecule has 6 heteroatoms. The highest BCUT2D eigenvalue weighted by Gasteiger charge is 2.24. The lowest BCUT2D eigenvalue weighted by molar-refractivity contribution is 1.11. The first-order chi connectivity index (χ1) is 4.63. The Morgan fingerprint density at radius 1 is 0.900 bits per heavy atom. The van der Waals surface area contributed by atoms with Crippen LogP contribution in [0.1, 0.15) is 0 Å². The van der Waals surface area contributed by atoms with Gasteiger partial charge < -0.3 is 0 Å². The van der Waals surface area contributed by atoms with E-state index in [0.29, 0.717) is 10.1 Å². The molecule has 0 amide bonds. The highest BCUT2D eigenvalue weighted by molar-refractivity contribution is 8.02. The van der Waals surface area contributed by atoms with Gasteiger partial charge in [0, 0.05) is 0 Å². The Morgan fingerprint density at radius 2 is 1.20 bits per heavy atom. The van der Waals surface area contributed by atoms with E-state index in [9.17, 15) is 0 Å². The molecule has 1 rings (SSSR count). The molecular formula is C4H6N2S4. The van der Waals surface area contributed by atoms with Crippen LogP contribution in [0.2, 0.25) is 0 Å². The van der Waals surface area contributed by atoms with Crippen molar-refractivity contribution >= 4 is 60.6 Å². The summed E-state index contributed by atoms with van der Waals surface area (Å²) in [5, 5.41) is 8.41. The van der Waals surface area contributed by atoms with E-state index >= 15 is 0 Å². The van der Waals surface area contributed by atoms with E-state index in [1.807, 2.05) is 0 Å². The van der Waals surface area contributed by atoms with E-state index in [4.69, 9.17) is 0 Å². The summed E-state index contributed by atoms with van der Waals surface area (Å²) in [6.07, 6.45) is 0. The molecule has 1 aliphatic heterocycles. The van der Waals surface area contributed by atoms with E-state index in [-0.39, 0.29) is 10.5 Å². The average Bonchev–Trinajstić information content (AvgIpc) is 1.93. The van der Waals surface area contributed by atoms with Crippen molar-refractivity contribution in [3.05, 3.63) is 0 Å². The molecule has 0 aromatic heterocycles. The molecule has 1 heterocycles. The van der Waals surface area contributed by atoms with Gasteiger partial charge in [0.1, 0.15) is 10.1 Å². The molecule has 0 spiro atoms. The zero-order valence-electron chi connectivity index (χ0n) is 4.84. The van der Waals surface area contributed by atoms with Crippen LogP contribution in [0.5, 0.6) is 0 Å². The van der Waals surface area contributed by atoms with Crippen molar-refractivity contribution in [3.8, 4) is 0 Å². The zero-order chi connectivity index (χ0) is 7.72. The van der Waals surface area contributed by atoms with Crippen LogP contribution in [0.25, 0.3) is 0 Å². The molecule has 0 aromatic rings. The van der Waals surface area contributed by atoms with Gasteiger partial charge in [0.05, 0.1) is 10.5 Å². The van der Waals surface area contributed by atoms with Crippen molar-refractivity contribution in [2.75, 3.05) is 0 Å². The molecule has 0 N–H and O–H groups in total. The third-order valence-electron chi connectivity index (χ3n) is 1.08. The Labute approximate surface area is 81.2 Å². The largest absolute Gasteiger partial charge is 0.167 e. The minimum absolute atomic E-state index is 0.0864. The monoisotopic (exact) mass is 210 g/mol. The van der Waals surface area contributed by atoms with E-state index < -0.39 is 0 Å². The lowest BCUT2D eigenvalue weighted by atomic mass is 10.3. The maximum Gasteiger partial charge on any atom is 0.107 e. The van der Waals surface area contributed by atoms with Crippen LogP contribution in [-0.4, -0.2) is 20.6 Å².